The lowest BCUT2D eigenvalue weighted by atomic mass is 9.86. The van der Waals surface area contributed by atoms with E-state index in [9.17, 15) is 4.79 Å². The molecule has 0 fully saturated rings. The number of carbonyl (C=O) groups is 1. The largest absolute Gasteiger partial charge is 0.456 e. The van der Waals surface area contributed by atoms with Crippen LogP contribution in [0.15, 0.2) is 24.3 Å². The summed E-state index contributed by atoms with van der Waals surface area (Å²) in [5, 5.41) is 0. The molecule has 0 N–H and O–H groups in total. The summed E-state index contributed by atoms with van der Waals surface area (Å²) < 4.78 is 5.36. The average Bonchev–Trinajstić information content (AvgIpc) is 2.29. The Bertz CT molecular complexity index is 329. The van der Waals surface area contributed by atoms with Gasteiger partial charge in [0.1, 0.15) is 5.60 Å². The van der Waals surface area contributed by atoms with Crippen molar-refractivity contribution < 1.29 is 9.53 Å². The Balaban J connectivity index is 3.07. The zero-order valence-electron chi connectivity index (χ0n) is 10.3. The molecule has 0 aliphatic heterocycles. The van der Waals surface area contributed by atoms with Gasteiger partial charge in [0, 0.05) is 0 Å². The van der Waals surface area contributed by atoms with Gasteiger partial charge in [-0.2, -0.15) is 0 Å². The minimum atomic E-state index is -0.440. The maximum absolute atomic E-state index is 10.7. The van der Waals surface area contributed by atoms with Crippen LogP contribution in [0.25, 0.3) is 0 Å². The predicted molar refractivity (Wildman–Crippen MR) is 65.2 cm³/mol. The lowest BCUT2D eigenvalue weighted by Crippen LogP contribution is -2.28. The Hall–Kier alpha value is -1.31. The molecule has 0 aliphatic rings. The highest BCUT2D eigenvalue weighted by molar-refractivity contribution is 5.40. The van der Waals surface area contributed by atoms with Gasteiger partial charge >= 0.3 is 0 Å². The fourth-order valence-electron chi connectivity index (χ4n) is 2.09. The van der Waals surface area contributed by atoms with Gasteiger partial charge in [0.05, 0.1) is 0 Å². The van der Waals surface area contributed by atoms with E-state index < -0.39 is 5.60 Å². The topological polar surface area (TPSA) is 26.3 Å². The molecule has 0 amide bonds. The molecule has 0 saturated heterocycles. The van der Waals surface area contributed by atoms with E-state index in [4.69, 9.17) is 4.74 Å². The van der Waals surface area contributed by atoms with Crippen LogP contribution >= 0.6 is 0 Å². The second kappa shape index (κ2) is 5.69. The van der Waals surface area contributed by atoms with Crippen molar-refractivity contribution in [3.05, 3.63) is 35.4 Å². The number of carbonyl (C=O) groups excluding carboxylic acids is 1. The highest BCUT2D eigenvalue weighted by Gasteiger charge is 2.30. The van der Waals surface area contributed by atoms with Gasteiger partial charge in [-0.3, -0.25) is 4.79 Å². The van der Waals surface area contributed by atoms with Crippen molar-refractivity contribution in [3.8, 4) is 0 Å². The normalized spacial score (nSPS) is 14.2. The Morgan fingerprint density at radius 2 is 1.88 bits per heavy atom. The van der Waals surface area contributed by atoms with Crippen molar-refractivity contribution in [1.82, 2.24) is 0 Å². The SMILES string of the molecule is CCCC(CC)(OC=O)c1ccc(C)cc1. The fraction of sp³-hybridized carbons (Fsp3) is 0.500. The van der Waals surface area contributed by atoms with Crippen LogP contribution in [0.3, 0.4) is 0 Å². The van der Waals surface area contributed by atoms with Crippen molar-refractivity contribution in [1.29, 1.82) is 0 Å². The smallest absolute Gasteiger partial charge is 0.293 e. The first kappa shape index (κ1) is 12.8. The van der Waals surface area contributed by atoms with Gasteiger partial charge in [0.15, 0.2) is 0 Å². The molecule has 1 atom stereocenters. The summed E-state index contributed by atoms with van der Waals surface area (Å²) in [4.78, 5) is 10.7. The molecule has 1 aromatic rings. The molecule has 0 spiro atoms. The van der Waals surface area contributed by atoms with Crippen LogP contribution in [0.4, 0.5) is 0 Å². The number of aryl methyl sites for hydroxylation is 1. The van der Waals surface area contributed by atoms with E-state index in [0.29, 0.717) is 6.47 Å². The molecule has 16 heavy (non-hydrogen) atoms. The van der Waals surface area contributed by atoms with Crippen molar-refractivity contribution >= 4 is 6.47 Å². The minimum absolute atomic E-state index is 0.440. The van der Waals surface area contributed by atoms with Crippen molar-refractivity contribution in [2.45, 2.75) is 45.6 Å². The van der Waals surface area contributed by atoms with Crippen LogP contribution in [0.2, 0.25) is 0 Å². The number of hydrogen-bond donors (Lipinski definition) is 0. The van der Waals surface area contributed by atoms with Crippen molar-refractivity contribution in [3.63, 3.8) is 0 Å². The van der Waals surface area contributed by atoms with Crippen LogP contribution in [0, 0.1) is 6.92 Å². The van der Waals surface area contributed by atoms with Crippen LogP contribution in [0.5, 0.6) is 0 Å². The summed E-state index contributed by atoms with van der Waals surface area (Å²) in [6.07, 6.45) is 2.67. The second-order valence-electron chi connectivity index (χ2n) is 4.18. The molecule has 0 bridgehead atoms. The molecule has 0 aromatic heterocycles. The third-order valence-corrected chi connectivity index (χ3v) is 3.08. The molecule has 1 rings (SSSR count). The summed E-state index contributed by atoms with van der Waals surface area (Å²) in [6.45, 7) is 6.78. The molecule has 2 nitrogen and oxygen atoms in total. The summed E-state index contributed by atoms with van der Waals surface area (Å²) in [6, 6.07) is 8.23. The summed E-state index contributed by atoms with van der Waals surface area (Å²) in [5.41, 5.74) is 1.87. The van der Waals surface area contributed by atoms with Gasteiger partial charge in [-0.05, 0) is 25.3 Å². The first-order chi connectivity index (χ1) is 7.68. The number of hydrogen-bond acceptors (Lipinski definition) is 2. The Morgan fingerprint density at radius 1 is 1.25 bits per heavy atom. The third-order valence-electron chi connectivity index (χ3n) is 3.08. The molecule has 0 aliphatic carbocycles. The second-order valence-corrected chi connectivity index (χ2v) is 4.18. The predicted octanol–water partition coefficient (Wildman–Crippen LogP) is 3.57. The van der Waals surface area contributed by atoms with Gasteiger partial charge in [0.25, 0.3) is 6.47 Å². The quantitative estimate of drug-likeness (QED) is 0.685. The van der Waals surface area contributed by atoms with Gasteiger partial charge in [-0.25, -0.2) is 0 Å². The molecule has 1 unspecified atom stereocenters. The molecular formula is C14H20O2. The highest BCUT2D eigenvalue weighted by Crippen LogP contribution is 2.33. The average molecular weight is 220 g/mol. The number of rotatable bonds is 6. The molecule has 1 aromatic carbocycles. The van der Waals surface area contributed by atoms with E-state index in [-0.39, 0.29) is 0 Å². The highest BCUT2D eigenvalue weighted by atomic mass is 16.5. The monoisotopic (exact) mass is 220 g/mol. The molecule has 0 saturated carbocycles. The standard InChI is InChI=1S/C14H20O2/c1-4-10-14(5-2,16-11-15)13-8-6-12(3)7-9-13/h6-9,11H,4-5,10H2,1-3H3. The van der Waals surface area contributed by atoms with Crippen molar-refractivity contribution in [2.24, 2.45) is 0 Å². The zero-order chi connectivity index (χ0) is 12.0. The number of benzene rings is 1. The minimum Gasteiger partial charge on any atom is -0.456 e. The van der Waals surface area contributed by atoms with Crippen molar-refractivity contribution in [2.75, 3.05) is 0 Å². The first-order valence-corrected chi connectivity index (χ1v) is 5.87. The van der Waals surface area contributed by atoms with Crippen LogP contribution < -0.4 is 0 Å². The fourth-order valence-corrected chi connectivity index (χ4v) is 2.09. The molecule has 88 valence electrons. The lowest BCUT2D eigenvalue weighted by Gasteiger charge is -2.31. The van der Waals surface area contributed by atoms with Gasteiger partial charge in [-0.15, -0.1) is 0 Å². The number of ether oxygens (including phenoxy) is 1. The van der Waals surface area contributed by atoms with Crippen LogP contribution in [-0.4, -0.2) is 6.47 Å². The van der Waals surface area contributed by atoms with Gasteiger partial charge in [-0.1, -0.05) is 50.1 Å². The Morgan fingerprint density at radius 3 is 2.31 bits per heavy atom. The van der Waals surface area contributed by atoms with E-state index in [2.05, 4.69) is 45.0 Å². The summed E-state index contributed by atoms with van der Waals surface area (Å²) in [7, 11) is 0. The first-order valence-electron chi connectivity index (χ1n) is 5.87. The molecule has 0 heterocycles. The summed E-state index contributed by atoms with van der Waals surface area (Å²) in [5.74, 6) is 0. The molecule has 0 radical (unpaired) electrons. The van der Waals surface area contributed by atoms with E-state index in [0.717, 1.165) is 24.8 Å². The van der Waals surface area contributed by atoms with Crippen LogP contribution in [-0.2, 0) is 15.1 Å². The Labute approximate surface area is 97.6 Å². The maximum atomic E-state index is 10.7. The van der Waals surface area contributed by atoms with Gasteiger partial charge < -0.3 is 4.74 Å². The third kappa shape index (κ3) is 2.63. The molecular weight excluding hydrogens is 200 g/mol. The van der Waals surface area contributed by atoms with Crippen LogP contribution in [0.1, 0.15) is 44.2 Å². The maximum Gasteiger partial charge on any atom is 0.293 e. The molecule has 2 heteroatoms. The summed E-state index contributed by atoms with van der Waals surface area (Å²) >= 11 is 0. The van der Waals surface area contributed by atoms with E-state index >= 15 is 0 Å². The Kier molecular flexibility index (Phi) is 4.53. The lowest BCUT2D eigenvalue weighted by molar-refractivity contribution is -0.146. The van der Waals surface area contributed by atoms with E-state index in [1.807, 2.05) is 0 Å². The van der Waals surface area contributed by atoms with E-state index in [1.54, 1.807) is 0 Å². The van der Waals surface area contributed by atoms with Gasteiger partial charge in [0.2, 0.25) is 0 Å². The zero-order valence-corrected chi connectivity index (χ0v) is 10.3. The van der Waals surface area contributed by atoms with E-state index in [1.165, 1.54) is 5.56 Å².